The molecule has 0 aromatic heterocycles. The smallest absolute Gasteiger partial charge is 0.248 e. The van der Waals surface area contributed by atoms with Gasteiger partial charge in [-0.1, -0.05) is 0 Å². The van der Waals surface area contributed by atoms with Crippen LogP contribution in [0.2, 0.25) is 0 Å². The van der Waals surface area contributed by atoms with Crippen molar-refractivity contribution in [1.29, 1.82) is 0 Å². The van der Waals surface area contributed by atoms with Gasteiger partial charge >= 0.3 is 0 Å². The van der Waals surface area contributed by atoms with Crippen molar-refractivity contribution in [2.75, 3.05) is 6.54 Å². The lowest BCUT2D eigenvalue weighted by Crippen LogP contribution is -2.37. The maximum absolute atomic E-state index is 12.8. The third-order valence-electron chi connectivity index (χ3n) is 3.21. The summed E-state index contributed by atoms with van der Waals surface area (Å²) in [4.78, 5) is 0. The van der Waals surface area contributed by atoms with Gasteiger partial charge in [0, 0.05) is 12.8 Å². The van der Waals surface area contributed by atoms with Crippen LogP contribution in [0.15, 0.2) is 0 Å². The van der Waals surface area contributed by atoms with E-state index in [9.17, 15) is 8.78 Å². The summed E-state index contributed by atoms with van der Waals surface area (Å²) < 4.78 is 25.5. The Bertz CT molecular complexity index is 169. The largest absolute Gasteiger partial charge is 0.330 e. The zero-order chi connectivity index (χ0) is 8.06. The van der Waals surface area contributed by atoms with E-state index in [1.165, 1.54) is 0 Å². The predicted octanol–water partition coefficient (Wildman–Crippen LogP) is 1.63. The molecule has 0 aromatic rings. The lowest BCUT2D eigenvalue weighted by Gasteiger charge is -2.39. The topological polar surface area (TPSA) is 26.0 Å². The van der Waals surface area contributed by atoms with Gasteiger partial charge in [-0.05, 0) is 30.7 Å². The molecule has 0 radical (unpaired) electrons. The third kappa shape index (κ3) is 1.06. The average molecular weight is 161 g/mol. The first-order chi connectivity index (χ1) is 5.12. The van der Waals surface area contributed by atoms with E-state index in [1.54, 1.807) is 0 Å². The molecule has 0 aliphatic heterocycles. The summed E-state index contributed by atoms with van der Waals surface area (Å²) in [5.74, 6) is -1.44. The van der Waals surface area contributed by atoms with E-state index < -0.39 is 5.92 Å². The van der Waals surface area contributed by atoms with Gasteiger partial charge in [0.15, 0.2) is 0 Å². The van der Waals surface area contributed by atoms with Crippen molar-refractivity contribution >= 4 is 0 Å². The summed E-state index contributed by atoms with van der Waals surface area (Å²) in [6.45, 7) is 0.594. The second-order valence-corrected chi connectivity index (χ2v) is 3.92. The fourth-order valence-electron chi connectivity index (χ4n) is 2.58. The molecule has 0 bridgehead atoms. The minimum absolute atomic E-state index is 0.0968. The van der Waals surface area contributed by atoms with E-state index in [2.05, 4.69) is 0 Å². The molecule has 0 spiro atoms. The Hall–Kier alpha value is -0.180. The van der Waals surface area contributed by atoms with E-state index >= 15 is 0 Å². The normalized spacial score (nSPS) is 46.6. The summed E-state index contributed by atoms with van der Waals surface area (Å²) in [6, 6.07) is 0. The Kier molecular flexibility index (Phi) is 1.46. The third-order valence-corrected chi connectivity index (χ3v) is 3.21. The van der Waals surface area contributed by atoms with Crippen LogP contribution in [0.4, 0.5) is 8.78 Å². The Labute approximate surface area is 65.0 Å². The van der Waals surface area contributed by atoms with Gasteiger partial charge in [-0.15, -0.1) is 0 Å². The van der Waals surface area contributed by atoms with Gasteiger partial charge in [0.05, 0.1) is 0 Å². The van der Waals surface area contributed by atoms with Crippen molar-refractivity contribution in [3.05, 3.63) is 0 Å². The van der Waals surface area contributed by atoms with Crippen LogP contribution in [0.3, 0.4) is 0 Å². The van der Waals surface area contributed by atoms with E-state index in [0.717, 1.165) is 6.42 Å². The van der Waals surface area contributed by atoms with Gasteiger partial charge in [-0.3, -0.25) is 0 Å². The van der Waals surface area contributed by atoms with E-state index in [1.807, 2.05) is 0 Å². The summed E-state index contributed by atoms with van der Waals surface area (Å²) in [6.07, 6.45) is 1.16. The first-order valence-electron chi connectivity index (χ1n) is 4.20. The summed E-state index contributed by atoms with van der Waals surface area (Å²) in [5, 5.41) is 0. The van der Waals surface area contributed by atoms with Crippen molar-refractivity contribution in [2.45, 2.75) is 25.2 Å². The lowest BCUT2D eigenvalue weighted by molar-refractivity contribution is 0.00440. The molecule has 11 heavy (non-hydrogen) atoms. The van der Waals surface area contributed by atoms with Gasteiger partial charge in [0.2, 0.25) is 5.92 Å². The second-order valence-electron chi connectivity index (χ2n) is 3.92. The van der Waals surface area contributed by atoms with Crippen molar-refractivity contribution in [3.8, 4) is 0 Å². The van der Waals surface area contributed by atoms with Crippen molar-refractivity contribution in [3.63, 3.8) is 0 Å². The Morgan fingerprint density at radius 2 is 2.09 bits per heavy atom. The molecule has 0 heterocycles. The SMILES string of the molecule is NCC1CC2CC(F)(F)CC12. The summed E-state index contributed by atoms with van der Waals surface area (Å²) in [5.41, 5.74) is 5.43. The fraction of sp³-hybridized carbons (Fsp3) is 1.00. The van der Waals surface area contributed by atoms with Crippen LogP contribution in [0.1, 0.15) is 19.3 Å². The quantitative estimate of drug-likeness (QED) is 0.621. The van der Waals surface area contributed by atoms with Crippen LogP contribution in [0, 0.1) is 17.8 Å². The molecular formula is C8H13F2N. The Morgan fingerprint density at radius 3 is 2.64 bits per heavy atom. The van der Waals surface area contributed by atoms with Crippen molar-refractivity contribution < 1.29 is 8.78 Å². The van der Waals surface area contributed by atoms with Crippen molar-refractivity contribution in [2.24, 2.45) is 23.5 Å². The summed E-state index contributed by atoms with van der Waals surface area (Å²) in [7, 11) is 0. The predicted molar refractivity (Wildman–Crippen MR) is 38.3 cm³/mol. The van der Waals surface area contributed by atoms with Crippen LogP contribution in [0.5, 0.6) is 0 Å². The molecule has 0 aromatic carbocycles. The molecule has 0 amide bonds. The number of nitrogens with two attached hydrogens (primary N) is 1. The van der Waals surface area contributed by atoms with Gasteiger partial charge in [0.1, 0.15) is 0 Å². The van der Waals surface area contributed by atoms with Gasteiger partial charge in [-0.2, -0.15) is 0 Å². The molecule has 2 rings (SSSR count). The standard InChI is InChI=1S/C8H13F2N/c9-8(10)2-5-1-6(4-11)7(5)3-8/h5-7H,1-4,11H2. The van der Waals surface area contributed by atoms with Crippen LogP contribution < -0.4 is 5.73 Å². The minimum atomic E-state index is -2.38. The van der Waals surface area contributed by atoms with Crippen LogP contribution >= 0.6 is 0 Å². The molecular weight excluding hydrogens is 148 g/mol. The molecule has 2 N–H and O–H groups in total. The monoisotopic (exact) mass is 161 g/mol. The first kappa shape index (κ1) is 7.47. The van der Waals surface area contributed by atoms with Gasteiger partial charge in [-0.25, -0.2) is 8.78 Å². The summed E-state index contributed by atoms with van der Waals surface area (Å²) >= 11 is 0. The lowest BCUT2D eigenvalue weighted by atomic mass is 9.67. The average Bonchev–Trinajstić information content (AvgIpc) is 2.12. The van der Waals surface area contributed by atoms with Crippen LogP contribution in [0.25, 0.3) is 0 Å². The number of fused-ring (bicyclic) bond motifs is 1. The Balaban J connectivity index is 1.99. The minimum Gasteiger partial charge on any atom is -0.330 e. The molecule has 2 saturated carbocycles. The molecule has 3 unspecified atom stereocenters. The number of rotatable bonds is 1. The molecule has 2 aliphatic carbocycles. The first-order valence-corrected chi connectivity index (χ1v) is 4.20. The number of hydrogen-bond donors (Lipinski definition) is 1. The highest BCUT2D eigenvalue weighted by Crippen LogP contribution is 2.56. The Morgan fingerprint density at radius 1 is 1.36 bits per heavy atom. The van der Waals surface area contributed by atoms with E-state index in [-0.39, 0.29) is 18.8 Å². The van der Waals surface area contributed by atoms with Gasteiger partial charge in [0.25, 0.3) is 0 Å². The van der Waals surface area contributed by atoms with Crippen molar-refractivity contribution in [1.82, 2.24) is 0 Å². The maximum Gasteiger partial charge on any atom is 0.248 e. The fourth-order valence-corrected chi connectivity index (χ4v) is 2.58. The number of alkyl halides is 2. The highest BCUT2D eigenvalue weighted by Gasteiger charge is 2.54. The number of halogens is 2. The molecule has 2 fully saturated rings. The molecule has 3 atom stereocenters. The molecule has 64 valence electrons. The zero-order valence-corrected chi connectivity index (χ0v) is 6.39. The second kappa shape index (κ2) is 2.16. The molecule has 0 saturated heterocycles. The van der Waals surface area contributed by atoms with E-state index in [4.69, 9.17) is 5.73 Å². The van der Waals surface area contributed by atoms with E-state index in [0.29, 0.717) is 18.4 Å². The molecule has 3 heteroatoms. The molecule has 2 aliphatic rings. The maximum atomic E-state index is 12.8. The number of hydrogen-bond acceptors (Lipinski definition) is 1. The van der Waals surface area contributed by atoms with Gasteiger partial charge < -0.3 is 5.73 Å². The zero-order valence-electron chi connectivity index (χ0n) is 6.39. The highest BCUT2D eigenvalue weighted by molar-refractivity contribution is 4.99. The molecule has 1 nitrogen and oxygen atoms in total. The van der Waals surface area contributed by atoms with Crippen LogP contribution in [-0.2, 0) is 0 Å². The van der Waals surface area contributed by atoms with Crippen LogP contribution in [-0.4, -0.2) is 12.5 Å². The highest BCUT2D eigenvalue weighted by atomic mass is 19.3.